The highest BCUT2D eigenvalue weighted by Gasteiger charge is 2.20. The second-order valence-electron chi connectivity index (χ2n) is 6.54. The molecule has 0 fully saturated rings. The summed E-state index contributed by atoms with van der Waals surface area (Å²) < 4.78 is 10.0. The topological polar surface area (TPSA) is 90.7 Å². The first kappa shape index (κ1) is 22.9. The number of esters is 1. The molecule has 0 heterocycles. The minimum absolute atomic E-state index is 0.319. The standard InChI is InChI=1S/C11H15NO2.C8H17NO2/c1-2-8-12-11(13)14-9-10-6-4-3-5-7-10;1-5-6(9)7(10)11-8(2,3)4/h3-7H,2,8-9H2,1H3,(H,12,13);6H,5,9H2,1-4H3. The average molecular weight is 352 g/mol. The van der Waals surface area contributed by atoms with Gasteiger partial charge in [0.05, 0.1) is 0 Å². The monoisotopic (exact) mass is 352 g/mol. The molecule has 0 aliphatic carbocycles. The Morgan fingerprint density at radius 1 is 1.16 bits per heavy atom. The maximum absolute atomic E-state index is 11.0. The summed E-state index contributed by atoms with van der Waals surface area (Å²) in [4.78, 5) is 22.1. The third-order valence-corrected chi connectivity index (χ3v) is 2.88. The number of carbonyl (C=O) groups excluding carboxylic acids is 2. The molecule has 142 valence electrons. The van der Waals surface area contributed by atoms with Crippen molar-refractivity contribution < 1.29 is 19.1 Å². The Kier molecular flexibility index (Phi) is 11.3. The number of hydrogen-bond acceptors (Lipinski definition) is 5. The minimum Gasteiger partial charge on any atom is -0.459 e. The Morgan fingerprint density at radius 3 is 2.24 bits per heavy atom. The Balaban J connectivity index is 0.000000477. The summed E-state index contributed by atoms with van der Waals surface area (Å²) in [6.07, 6.45) is 1.19. The van der Waals surface area contributed by atoms with Crippen LogP contribution >= 0.6 is 0 Å². The third kappa shape index (κ3) is 12.9. The number of benzene rings is 1. The number of rotatable bonds is 6. The number of ether oxygens (including phenoxy) is 2. The predicted molar refractivity (Wildman–Crippen MR) is 99.0 cm³/mol. The first-order valence-corrected chi connectivity index (χ1v) is 8.62. The van der Waals surface area contributed by atoms with E-state index in [9.17, 15) is 9.59 Å². The van der Waals surface area contributed by atoms with E-state index >= 15 is 0 Å². The quantitative estimate of drug-likeness (QED) is 0.766. The predicted octanol–water partition coefficient (Wildman–Crippen LogP) is 3.39. The molecule has 6 heteroatoms. The third-order valence-electron chi connectivity index (χ3n) is 2.88. The average Bonchev–Trinajstić information content (AvgIpc) is 2.57. The van der Waals surface area contributed by atoms with Crippen LogP contribution in [0.4, 0.5) is 4.79 Å². The maximum Gasteiger partial charge on any atom is 0.407 e. The Hall–Kier alpha value is -2.08. The molecule has 0 radical (unpaired) electrons. The Labute approximate surface area is 151 Å². The minimum atomic E-state index is -0.478. The van der Waals surface area contributed by atoms with Crippen LogP contribution in [0.1, 0.15) is 53.0 Å². The van der Waals surface area contributed by atoms with Crippen molar-refractivity contribution in [1.29, 1.82) is 0 Å². The van der Waals surface area contributed by atoms with Crippen LogP contribution in [0.15, 0.2) is 30.3 Å². The van der Waals surface area contributed by atoms with E-state index in [1.54, 1.807) is 0 Å². The van der Waals surface area contributed by atoms with E-state index in [1.807, 2.05) is 65.0 Å². The van der Waals surface area contributed by atoms with E-state index in [0.717, 1.165) is 12.0 Å². The molecule has 1 aromatic rings. The van der Waals surface area contributed by atoms with E-state index in [2.05, 4.69) is 5.32 Å². The lowest BCUT2D eigenvalue weighted by Crippen LogP contribution is -2.36. The lowest BCUT2D eigenvalue weighted by atomic mass is 10.2. The maximum atomic E-state index is 11.0. The molecule has 1 atom stereocenters. The van der Waals surface area contributed by atoms with Gasteiger partial charge < -0.3 is 20.5 Å². The van der Waals surface area contributed by atoms with Crippen LogP contribution in [-0.2, 0) is 20.9 Å². The molecule has 0 aromatic heterocycles. The van der Waals surface area contributed by atoms with Gasteiger partial charge in [-0.3, -0.25) is 4.79 Å². The fourth-order valence-electron chi connectivity index (χ4n) is 1.55. The van der Waals surface area contributed by atoms with Crippen LogP contribution in [0.2, 0.25) is 0 Å². The molecule has 6 nitrogen and oxygen atoms in total. The zero-order chi connectivity index (χ0) is 19.3. The van der Waals surface area contributed by atoms with Crippen molar-refractivity contribution in [2.45, 2.75) is 65.7 Å². The molecule has 25 heavy (non-hydrogen) atoms. The highest BCUT2D eigenvalue weighted by molar-refractivity contribution is 5.75. The molecule has 0 spiro atoms. The van der Waals surface area contributed by atoms with E-state index in [-0.39, 0.29) is 12.1 Å². The fraction of sp³-hybridized carbons (Fsp3) is 0.579. The SMILES string of the molecule is CCC(N)C(=O)OC(C)(C)C.CCCNC(=O)OCc1ccccc1. The van der Waals surface area contributed by atoms with Gasteiger partial charge in [0.1, 0.15) is 18.2 Å². The van der Waals surface area contributed by atoms with Crippen LogP contribution < -0.4 is 11.1 Å². The van der Waals surface area contributed by atoms with E-state index in [1.165, 1.54) is 0 Å². The van der Waals surface area contributed by atoms with Gasteiger partial charge in [-0.1, -0.05) is 44.2 Å². The highest BCUT2D eigenvalue weighted by atomic mass is 16.6. The van der Waals surface area contributed by atoms with Crippen molar-refractivity contribution in [3.63, 3.8) is 0 Å². The van der Waals surface area contributed by atoms with Crippen LogP contribution in [-0.4, -0.2) is 30.3 Å². The summed E-state index contributed by atoms with van der Waals surface area (Å²) in [7, 11) is 0. The van der Waals surface area contributed by atoms with Crippen molar-refractivity contribution in [3.8, 4) is 0 Å². The van der Waals surface area contributed by atoms with Gasteiger partial charge in [0.2, 0.25) is 0 Å². The lowest BCUT2D eigenvalue weighted by molar-refractivity contribution is -0.156. The molecule has 0 saturated heterocycles. The van der Waals surface area contributed by atoms with Crippen LogP contribution in [0.5, 0.6) is 0 Å². The number of nitrogens with two attached hydrogens (primary N) is 1. The number of amides is 1. The molecular formula is C19H32N2O4. The van der Waals surface area contributed by atoms with Gasteiger partial charge in [-0.2, -0.15) is 0 Å². The van der Waals surface area contributed by atoms with Gasteiger partial charge >= 0.3 is 12.1 Å². The number of carbonyl (C=O) groups is 2. The molecule has 1 aromatic carbocycles. The molecular weight excluding hydrogens is 320 g/mol. The zero-order valence-corrected chi connectivity index (χ0v) is 16.0. The smallest absolute Gasteiger partial charge is 0.407 e. The normalized spacial score (nSPS) is 11.6. The van der Waals surface area contributed by atoms with Crippen molar-refractivity contribution in [2.24, 2.45) is 5.73 Å². The van der Waals surface area contributed by atoms with Gasteiger partial charge in [-0.15, -0.1) is 0 Å². The summed E-state index contributed by atoms with van der Waals surface area (Å²) in [5, 5.41) is 2.64. The van der Waals surface area contributed by atoms with E-state index in [4.69, 9.17) is 15.2 Å². The molecule has 0 saturated carbocycles. The van der Waals surface area contributed by atoms with Crippen LogP contribution in [0.25, 0.3) is 0 Å². The largest absolute Gasteiger partial charge is 0.459 e. The first-order valence-electron chi connectivity index (χ1n) is 8.62. The molecule has 0 aliphatic rings. The van der Waals surface area contributed by atoms with Crippen LogP contribution in [0.3, 0.4) is 0 Å². The van der Waals surface area contributed by atoms with Crippen molar-refractivity contribution in [1.82, 2.24) is 5.32 Å². The summed E-state index contributed by atoms with van der Waals surface area (Å²) in [6, 6.07) is 9.14. The number of hydrogen-bond donors (Lipinski definition) is 2. The highest BCUT2D eigenvalue weighted by Crippen LogP contribution is 2.08. The molecule has 0 aliphatic heterocycles. The van der Waals surface area contributed by atoms with Crippen LogP contribution in [0, 0.1) is 0 Å². The molecule has 1 unspecified atom stereocenters. The second-order valence-corrected chi connectivity index (χ2v) is 6.54. The van der Waals surface area contributed by atoms with E-state index < -0.39 is 11.6 Å². The number of nitrogens with one attached hydrogen (secondary N) is 1. The van der Waals surface area contributed by atoms with Gasteiger partial charge in [0, 0.05) is 6.54 Å². The van der Waals surface area contributed by atoms with Gasteiger partial charge in [-0.05, 0) is 39.2 Å². The van der Waals surface area contributed by atoms with E-state index in [0.29, 0.717) is 19.6 Å². The van der Waals surface area contributed by atoms with Crippen molar-refractivity contribution in [3.05, 3.63) is 35.9 Å². The Bertz CT molecular complexity index is 498. The Morgan fingerprint density at radius 2 is 1.76 bits per heavy atom. The fourth-order valence-corrected chi connectivity index (χ4v) is 1.55. The second kappa shape index (κ2) is 12.3. The van der Waals surface area contributed by atoms with Crippen molar-refractivity contribution in [2.75, 3.05) is 6.54 Å². The van der Waals surface area contributed by atoms with Crippen molar-refractivity contribution >= 4 is 12.1 Å². The lowest BCUT2D eigenvalue weighted by Gasteiger charge is -2.21. The zero-order valence-electron chi connectivity index (χ0n) is 16.0. The van der Waals surface area contributed by atoms with Gasteiger partial charge in [0.25, 0.3) is 0 Å². The molecule has 0 bridgehead atoms. The summed E-state index contributed by atoms with van der Waals surface area (Å²) in [6.45, 7) is 10.3. The summed E-state index contributed by atoms with van der Waals surface area (Å²) in [5.74, 6) is -0.319. The molecule has 1 rings (SSSR count). The first-order chi connectivity index (χ1) is 11.7. The summed E-state index contributed by atoms with van der Waals surface area (Å²) in [5.41, 5.74) is 6.02. The molecule has 1 amide bonds. The van der Waals surface area contributed by atoms with Gasteiger partial charge in [0.15, 0.2) is 0 Å². The summed E-state index contributed by atoms with van der Waals surface area (Å²) >= 11 is 0. The molecule has 3 N–H and O–H groups in total. The number of alkyl carbamates (subject to hydrolysis) is 1. The van der Waals surface area contributed by atoms with Gasteiger partial charge in [-0.25, -0.2) is 4.79 Å².